The van der Waals surface area contributed by atoms with Crippen LogP contribution < -0.4 is 5.73 Å². The number of Topliss-reactive ketones (excluding diaryl/α,β-unsaturated/α-hetero) is 1. The number of carbonyl (C=O) groups is 2. The van der Waals surface area contributed by atoms with E-state index >= 15 is 0 Å². The molecule has 1 amide bonds. The van der Waals surface area contributed by atoms with E-state index in [1.54, 1.807) is 29.2 Å². The summed E-state index contributed by atoms with van der Waals surface area (Å²) >= 11 is 12.1. The summed E-state index contributed by atoms with van der Waals surface area (Å²) in [6.45, 7) is 4.26. The molecule has 0 aromatic heterocycles. The third-order valence-electron chi connectivity index (χ3n) is 5.07. The molecule has 1 atom stereocenters. The Labute approximate surface area is 181 Å². The van der Waals surface area contributed by atoms with Gasteiger partial charge in [0, 0.05) is 24.1 Å². The Morgan fingerprint density at radius 3 is 2.52 bits per heavy atom. The van der Waals surface area contributed by atoms with Crippen LogP contribution in [0, 0.1) is 5.41 Å². The maximum atomic E-state index is 13.0. The quantitative estimate of drug-likeness (QED) is 0.731. The molecule has 1 aliphatic rings. The highest BCUT2D eigenvalue weighted by molar-refractivity contribution is 6.42. The van der Waals surface area contributed by atoms with Crippen LogP contribution >= 0.6 is 23.2 Å². The van der Waals surface area contributed by atoms with Crippen LogP contribution in [0.4, 0.5) is 0 Å². The van der Waals surface area contributed by atoms with Crippen molar-refractivity contribution in [3.05, 3.63) is 75.3 Å². The second-order valence-corrected chi connectivity index (χ2v) is 8.86. The van der Waals surface area contributed by atoms with Crippen LogP contribution in [-0.2, 0) is 16.0 Å². The number of nitrogens with zero attached hydrogens (tertiary/aromatic N) is 1. The second-order valence-electron chi connectivity index (χ2n) is 8.05. The fraction of sp³-hybridized carbons (Fsp3) is 0.304. The molecule has 1 saturated heterocycles. The van der Waals surface area contributed by atoms with Crippen molar-refractivity contribution in [2.24, 2.45) is 11.1 Å². The number of benzene rings is 2. The minimum Gasteiger partial charge on any atom is -0.336 e. The first-order valence-corrected chi connectivity index (χ1v) is 10.2. The average Bonchev–Trinajstić information content (AvgIpc) is 2.68. The monoisotopic (exact) mass is 430 g/mol. The van der Waals surface area contributed by atoms with Gasteiger partial charge in [0.05, 0.1) is 16.1 Å². The highest BCUT2D eigenvalue weighted by Gasteiger charge is 2.40. The number of rotatable bonds is 4. The molecule has 1 aliphatic heterocycles. The number of carbonyl (C=O) groups excluding carboxylic acids is 2. The molecule has 4 nitrogen and oxygen atoms in total. The summed E-state index contributed by atoms with van der Waals surface area (Å²) in [5.41, 5.74) is 7.85. The number of amides is 1. The summed E-state index contributed by atoms with van der Waals surface area (Å²) in [6.07, 6.45) is 2.23. The number of piperidine rings is 1. The zero-order chi connectivity index (χ0) is 21.2. The van der Waals surface area contributed by atoms with Crippen LogP contribution in [0.2, 0.25) is 10.0 Å². The number of likely N-dealkylation sites (tertiary alicyclic amines) is 1. The van der Waals surface area contributed by atoms with Gasteiger partial charge in [-0.3, -0.25) is 9.59 Å². The van der Waals surface area contributed by atoms with E-state index in [1.165, 1.54) is 0 Å². The lowest BCUT2D eigenvalue weighted by molar-refractivity contribution is -0.138. The highest BCUT2D eigenvalue weighted by Crippen LogP contribution is 2.31. The Hall–Kier alpha value is -2.14. The van der Waals surface area contributed by atoms with Crippen LogP contribution in [0.5, 0.6) is 0 Å². The van der Waals surface area contributed by atoms with E-state index in [0.717, 1.165) is 11.1 Å². The summed E-state index contributed by atoms with van der Waals surface area (Å²) in [5.74, 6) is -0.140. The zero-order valence-corrected chi connectivity index (χ0v) is 18.0. The van der Waals surface area contributed by atoms with Gasteiger partial charge < -0.3 is 10.6 Å². The molecule has 2 N–H and O–H groups in total. The van der Waals surface area contributed by atoms with Gasteiger partial charge in [-0.1, -0.05) is 73.4 Å². The second kappa shape index (κ2) is 8.70. The Morgan fingerprint density at radius 2 is 1.86 bits per heavy atom. The lowest BCUT2D eigenvalue weighted by Gasteiger charge is -2.39. The first kappa shape index (κ1) is 21.6. The molecule has 0 saturated carbocycles. The largest absolute Gasteiger partial charge is 0.336 e. The van der Waals surface area contributed by atoms with Crippen molar-refractivity contribution in [1.29, 1.82) is 0 Å². The molecule has 0 radical (unpaired) electrons. The van der Waals surface area contributed by atoms with Gasteiger partial charge in [-0.2, -0.15) is 0 Å². The van der Waals surface area contributed by atoms with Crippen LogP contribution in [-0.4, -0.2) is 35.7 Å². The number of hydrogen-bond acceptors (Lipinski definition) is 3. The lowest BCUT2D eigenvalue weighted by atomic mass is 9.79. The van der Waals surface area contributed by atoms with Crippen molar-refractivity contribution in [3.8, 4) is 0 Å². The van der Waals surface area contributed by atoms with Crippen molar-refractivity contribution < 1.29 is 9.59 Å². The minimum absolute atomic E-state index is 0.0178. The van der Waals surface area contributed by atoms with E-state index in [0.29, 0.717) is 28.6 Å². The Bertz CT molecular complexity index is 955. The van der Waals surface area contributed by atoms with Crippen molar-refractivity contribution in [2.45, 2.75) is 26.3 Å². The molecule has 0 spiro atoms. The molecule has 1 heterocycles. The summed E-state index contributed by atoms with van der Waals surface area (Å²) < 4.78 is 0. The van der Waals surface area contributed by atoms with Gasteiger partial charge in [0.1, 0.15) is 0 Å². The predicted molar refractivity (Wildman–Crippen MR) is 118 cm³/mol. The maximum absolute atomic E-state index is 13.0. The molecular formula is C23H24Cl2N2O2. The van der Waals surface area contributed by atoms with Crippen molar-refractivity contribution in [3.63, 3.8) is 0 Å². The number of ketones is 1. The van der Waals surface area contributed by atoms with Gasteiger partial charge in [-0.05, 0) is 35.8 Å². The zero-order valence-electron chi connectivity index (χ0n) is 16.5. The third kappa shape index (κ3) is 5.08. The smallest absolute Gasteiger partial charge is 0.240 e. The molecule has 3 rings (SSSR count). The van der Waals surface area contributed by atoms with Gasteiger partial charge in [0.25, 0.3) is 0 Å². The van der Waals surface area contributed by atoms with Crippen LogP contribution in [0.1, 0.15) is 25.0 Å². The lowest BCUT2D eigenvalue weighted by Crippen LogP contribution is -2.54. The van der Waals surface area contributed by atoms with Crippen molar-refractivity contribution in [1.82, 2.24) is 4.90 Å². The molecule has 2 aromatic carbocycles. The van der Waals surface area contributed by atoms with Gasteiger partial charge in [0.15, 0.2) is 5.78 Å². The molecule has 2 aromatic rings. The fourth-order valence-corrected chi connectivity index (χ4v) is 3.88. The van der Waals surface area contributed by atoms with E-state index in [-0.39, 0.29) is 18.2 Å². The Morgan fingerprint density at radius 1 is 1.17 bits per heavy atom. The number of halogens is 2. The summed E-state index contributed by atoms with van der Waals surface area (Å²) in [4.78, 5) is 27.6. The van der Waals surface area contributed by atoms with Crippen LogP contribution in [0.15, 0.2) is 54.1 Å². The summed E-state index contributed by atoms with van der Waals surface area (Å²) in [7, 11) is 0. The molecule has 29 heavy (non-hydrogen) atoms. The Kier molecular flexibility index (Phi) is 6.47. The normalized spacial score (nSPS) is 18.7. The molecular weight excluding hydrogens is 407 g/mol. The van der Waals surface area contributed by atoms with Crippen LogP contribution in [0.3, 0.4) is 0 Å². The number of hydrogen-bond donors (Lipinski definition) is 1. The first-order valence-electron chi connectivity index (χ1n) is 9.46. The van der Waals surface area contributed by atoms with Gasteiger partial charge >= 0.3 is 0 Å². The highest BCUT2D eigenvalue weighted by atomic mass is 35.5. The maximum Gasteiger partial charge on any atom is 0.240 e. The number of nitrogens with two attached hydrogens (primary N) is 1. The van der Waals surface area contributed by atoms with Crippen molar-refractivity contribution in [2.75, 3.05) is 13.1 Å². The SMILES string of the molecule is CC1(C)CN(C(=O)[C@@H](N)Cc2ccccc2)C/C(=C\c2ccc(Cl)c(Cl)c2)C1=O. The van der Waals surface area contributed by atoms with E-state index < -0.39 is 11.5 Å². The van der Waals surface area contributed by atoms with E-state index in [9.17, 15) is 9.59 Å². The summed E-state index contributed by atoms with van der Waals surface area (Å²) in [5, 5.41) is 0.870. The first-order chi connectivity index (χ1) is 13.7. The van der Waals surface area contributed by atoms with Crippen LogP contribution in [0.25, 0.3) is 6.08 Å². The van der Waals surface area contributed by atoms with Crippen molar-refractivity contribution >= 4 is 41.0 Å². The van der Waals surface area contributed by atoms with Gasteiger partial charge in [-0.25, -0.2) is 0 Å². The van der Waals surface area contributed by atoms with Gasteiger partial charge in [-0.15, -0.1) is 0 Å². The Balaban J connectivity index is 1.82. The topological polar surface area (TPSA) is 63.4 Å². The van der Waals surface area contributed by atoms with Gasteiger partial charge in [0.2, 0.25) is 5.91 Å². The molecule has 6 heteroatoms. The molecule has 1 fully saturated rings. The molecule has 152 valence electrons. The standard InChI is InChI=1S/C23H24Cl2N2O2/c1-23(2)14-27(22(29)20(26)12-15-6-4-3-5-7-15)13-17(21(23)28)10-16-8-9-18(24)19(25)11-16/h3-11,20H,12-14,26H2,1-2H3/b17-10+/t20-/m0/s1. The molecule has 0 aliphatic carbocycles. The average molecular weight is 431 g/mol. The molecule has 0 bridgehead atoms. The third-order valence-corrected chi connectivity index (χ3v) is 5.80. The van der Waals surface area contributed by atoms with E-state index in [1.807, 2.05) is 44.2 Å². The van der Waals surface area contributed by atoms with E-state index in [4.69, 9.17) is 28.9 Å². The van der Waals surface area contributed by atoms with E-state index in [2.05, 4.69) is 0 Å². The fourth-order valence-electron chi connectivity index (χ4n) is 3.58. The minimum atomic E-state index is -0.692. The summed E-state index contributed by atoms with van der Waals surface area (Å²) in [6, 6.07) is 14.2. The molecule has 0 unspecified atom stereocenters. The predicted octanol–water partition coefficient (Wildman–Crippen LogP) is 4.38.